The van der Waals surface area contributed by atoms with E-state index in [4.69, 9.17) is 0 Å². The number of carbonyl (C=O) groups excluding carboxylic acids is 1. The summed E-state index contributed by atoms with van der Waals surface area (Å²) >= 11 is 0. The molecule has 0 heterocycles. The molecule has 2 aromatic carbocycles. The van der Waals surface area contributed by atoms with Crippen LogP contribution in [0.5, 0.6) is 0 Å². The molecule has 0 saturated heterocycles. The maximum Gasteiger partial charge on any atom is 0.240 e. The van der Waals surface area contributed by atoms with Gasteiger partial charge in [0.25, 0.3) is 0 Å². The summed E-state index contributed by atoms with van der Waals surface area (Å²) in [4.78, 5) is 12.2. The Morgan fingerprint density at radius 1 is 1.12 bits per heavy atom. The number of benzene rings is 2. The van der Waals surface area contributed by atoms with E-state index in [-0.39, 0.29) is 18.9 Å². The van der Waals surface area contributed by atoms with Crippen molar-refractivity contribution < 1.29 is 17.6 Å². The van der Waals surface area contributed by atoms with Crippen LogP contribution >= 0.6 is 0 Å². The van der Waals surface area contributed by atoms with Crippen LogP contribution in [0.4, 0.5) is 10.1 Å². The lowest BCUT2D eigenvalue weighted by Gasteiger charge is -2.22. The molecule has 0 saturated carbocycles. The largest absolute Gasteiger partial charge is 0.354 e. The third-order valence-electron chi connectivity index (χ3n) is 4.14. The Hall–Kier alpha value is -2.41. The van der Waals surface area contributed by atoms with Crippen LogP contribution in [0, 0.1) is 19.7 Å². The van der Waals surface area contributed by atoms with Crippen LogP contribution in [0.2, 0.25) is 0 Å². The highest BCUT2D eigenvalue weighted by molar-refractivity contribution is 7.92. The van der Waals surface area contributed by atoms with Crippen LogP contribution in [-0.2, 0) is 21.2 Å². The molecule has 0 radical (unpaired) electrons. The van der Waals surface area contributed by atoms with E-state index < -0.39 is 15.9 Å². The average Bonchev–Trinajstić information content (AvgIpc) is 2.56. The molecule has 7 heteroatoms. The topological polar surface area (TPSA) is 66.5 Å². The Labute approximate surface area is 153 Å². The fourth-order valence-electron chi connectivity index (χ4n) is 2.50. The molecule has 0 atom stereocenters. The van der Waals surface area contributed by atoms with Crippen molar-refractivity contribution in [2.75, 3.05) is 23.7 Å². The summed E-state index contributed by atoms with van der Waals surface area (Å²) in [5.74, 6) is -0.764. The summed E-state index contributed by atoms with van der Waals surface area (Å²) in [5.41, 5.74) is 2.93. The van der Waals surface area contributed by atoms with Gasteiger partial charge in [-0.15, -0.1) is 0 Å². The Bertz CT molecular complexity index is 897. The third kappa shape index (κ3) is 5.29. The highest BCUT2D eigenvalue weighted by atomic mass is 32.2. The second-order valence-electron chi connectivity index (χ2n) is 6.23. The van der Waals surface area contributed by atoms with Gasteiger partial charge in [-0.3, -0.25) is 9.10 Å². The first kappa shape index (κ1) is 19.9. The molecule has 0 bridgehead atoms. The summed E-state index contributed by atoms with van der Waals surface area (Å²) in [6, 6.07) is 11.6. The molecule has 2 rings (SSSR count). The van der Waals surface area contributed by atoms with Crippen LogP contribution in [0.15, 0.2) is 42.5 Å². The molecule has 0 unspecified atom stereocenters. The van der Waals surface area contributed by atoms with Gasteiger partial charge in [-0.25, -0.2) is 12.8 Å². The van der Waals surface area contributed by atoms with Gasteiger partial charge in [0.15, 0.2) is 0 Å². The average molecular weight is 378 g/mol. The normalized spacial score (nSPS) is 11.2. The maximum absolute atomic E-state index is 13.6. The molecule has 0 spiro atoms. The molecular formula is C19H23FN2O3S. The second-order valence-corrected chi connectivity index (χ2v) is 8.14. The van der Waals surface area contributed by atoms with Gasteiger partial charge in [0, 0.05) is 6.54 Å². The number of nitrogens with one attached hydrogen (secondary N) is 1. The molecule has 0 aromatic heterocycles. The number of halogens is 1. The molecular weight excluding hydrogens is 355 g/mol. The minimum atomic E-state index is -3.61. The highest BCUT2D eigenvalue weighted by Crippen LogP contribution is 2.21. The van der Waals surface area contributed by atoms with Gasteiger partial charge < -0.3 is 5.32 Å². The number of rotatable bonds is 7. The molecule has 140 valence electrons. The Morgan fingerprint density at radius 2 is 1.81 bits per heavy atom. The van der Waals surface area contributed by atoms with E-state index in [2.05, 4.69) is 5.32 Å². The Balaban J connectivity index is 2.03. The van der Waals surface area contributed by atoms with Crippen LogP contribution in [0.1, 0.15) is 16.7 Å². The lowest BCUT2D eigenvalue weighted by Crippen LogP contribution is -2.41. The van der Waals surface area contributed by atoms with Crippen LogP contribution in [0.3, 0.4) is 0 Å². The number of amides is 1. The predicted molar refractivity (Wildman–Crippen MR) is 101 cm³/mol. The number of sulfonamides is 1. The van der Waals surface area contributed by atoms with E-state index in [1.807, 2.05) is 19.9 Å². The second kappa shape index (κ2) is 8.31. The fraction of sp³-hybridized carbons (Fsp3) is 0.316. The molecule has 0 aliphatic carbocycles. The van der Waals surface area contributed by atoms with Gasteiger partial charge in [-0.05, 0) is 55.2 Å². The van der Waals surface area contributed by atoms with Gasteiger partial charge >= 0.3 is 0 Å². The summed E-state index contributed by atoms with van der Waals surface area (Å²) in [6.07, 6.45) is 1.40. The lowest BCUT2D eigenvalue weighted by molar-refractivity contribution is -0.119. The van der Waals surface area contributed by atoms with E-state index in [9.17, 15) is 17.6 Å². The quantitative estimate of drug-likeness (QED) is 0.805. The van der Waals surface area contributed by atoms with Gasteiger partial charge in [-0.1, -0.05) is 24.3 Å². The zero-order valence-corrected chi connectivity index (χ0v) is 15.9. The van der Waals surface area contributed by atoms with Crippen LogP contribution < -0.4 is 9.62 Å². The Kier molecular flexibility index (Phi) is 6.37. The summed E-state index contributed by atoms with van der Waals surface area (Å²) in [6.45, 7) is 3.72. The molecule has 1 N–H and O–H groups in total. The molecule has 1 amide bonds. The first-order valence-electron chi connectivity index (χ1n) is 8.23. The standard InChI is InChI=1S/C19H23FN2O3S/c1-14-8-9-17(12-15(14)2)22(26(3,24)25)13-19(23)21-11-10-16-6-4-5-7-18(16)20/h4-9,12H,10-11,13H2,1-3H3,(H,21,23). The van der Waals surface area contributed by atoms with Crippen molar-refractivity contribution in [2.24, 2.45) is 0 Å². The van der Waals surface area contributed by atoms with Crippen LogP contribution in [0.25, 0.3) is 0 Å². The summed E-state index contributed by atoms with van der Waals surface area (Å²) in [5, 5.41) is 2.64. The summed E-state index contributed by atoms with van der Waals surface area (Å²) in [7, 11) is -3.61. The SMILES string of the molecule is Cc1ccc(N(CC(=O)NCCc2ccccc2F)S(C)(=O)=O)cc1C. The smallest absolute Gasteiger partial charge is 0.240 e. The first-order valence-corrected chi connectivity index (χ1v) is 10.1. The molecule has 5 nitrogen and oxygen atoms in total. The van der Waals surface area contributed by atoms with Crippen molar-refractivity contribution in [1.29, 1.82) is 0 Å². The monoisotopic (exact) mass is 378 g/mol. The molecule has 0 fully saturated rings. The zero-order valence-electron chi connectivity index (χ0n) is 15.1. The molecule has 2 aromatic rings. The predicted octanol–water partition coefficient (Wildman–Crippen LogP) is 2.57. The zero-order chi connectivity index (χ0) is 19.3. The number of anilines is 1. The van der Waals surface area contributed by atoms with Gasteiger partial charge in [0.05, 0.1) is 11.9 Å². The maximum atomic E-state index is 13.6. The number of carbonyl (C=O) groups is 1. The van der Waals surface area contributed by atoms with Crippen molar-refractivity contribution >= 4 is 21.6 Å². The fourth-order valence-corrected chi connectivity index (χ4v) is 3.35. The van der Waals surface area contributed by atoms with E-state index in [1.54, 1.807) is 30.3 Å². The lowest BCUT2D eigenvalue weighted by atomic mass is 10.1. The first-order chi connectivity index (χ1) is 12.2. The summed E-state index contributed by atoms with van der Waals surface area (Å²) < 4.78 is 38.8. The van der Waals surface area contributed by atoms with E-state index >= 15 is 0 Å². The van der Waals surface area contributed by atoms with Crippen molar-refractivity contribution in [3.05, 3.63) is 65.0 Å². The third-order valence-corrected chi connectivity index (χ3v) is 5.28. The van der Waals surface area contributed by atoms with Crippen molar-refractivity contribution in [3.8, 4) is 0 Å². The van der Waals surface area contributed by atoms with Gasteiger partial charge in [-0.2, -0.15) is 0 Å². The van der Waals surface area contributed by atoms with E-state index in [0.29, 0.717) is 17.7 Å². The number of aryl methyl sites for hydroxylation is 2. The molecule has 0 aliphatic rings. The number of hydrogen-bond acceptors (Lipinski definition) is 3. The van der Waals surface area contributed by atoms with E-state index in [1.165, 1.54) is 6.07 Å². The minimum absolute atomic E-state index is 0.226. The number of hydrogen-bond donors (Lipinski definition) is 1. The Morgan fingerprint density at radius 3 is 2.42 bits per heavy atom. The van der Waals surface area contributed by atoms with Crippen molar-refractivity contribution in [1.82, 2.24) is 5.32 Å². The van der Waals surface area contributed by atoms with Gasteiger partial charge in [0.1, 0.15) is 12.4 Å². The molecule has 26 heavy (non-hydrogen) atoms. The van der Waals surface area contributed by atoms with Crippen molar-refractivity contribution in [2.45, 2.75) is 20.3 Å². The van der Waals surface area contributed by atoms with Gasteiger partial charge in [0.2, 0.25) is 15.9 Å². The van der Waals surface area contributed by atoms with E-state index in [0.717, 1.165) is 21.7 Å². The highest BCUT2D eigenvalue weighted by Gasteiger charge is 2.21. The van der Waals surface area contributed by atoms with Crippen molar-refractivity contribution in [3.63, 3.8) is 0 Å². The molecule has 0 aliphatic heterocycles. The van der Waals surface area contributed by atoms with Crippen LogP contribution in [-0.4, -0.2) is 33.7 Å². The number of nitrogens with zero attached hydrogens (tertiary/aromatic N) is 1. The minimum Gasteiger partial charge on any atom is -0.354 e.